The van der Waals surface area contributed by atoms with Gasteiger partial charge in [0.15, 0.2) is 0 Å². The third-order valence-corrected chi connectivity index (χ3v) is 3.22. The van der Waals surface area contributed by atoms with Crippen LogP contribution in [0.4, 0.5) is 8.78 Å². The van der Waals surface area contributed by atoms with E-state index in [1.165, 1.54) is 24.3 Å². The Morgan fingerprint density at radius 2 is 1.95 bits per heavy atom. The first-order chi connectivity index (χ1) is 9.47. The van der Waals surface area contributed by atoms with Crippen molar-refractivity contribution in [2.45, 2.75) is 19.6 Å². The number of ether oxygens (including phenoxy) is 1. The molecule has 0 radical (unpaired) electrons. The van der Waals surface area contributed by atoms with Gasteiger partial charge in [-0.2, -0.15) is 0 Å². The topological polar surface area (TPSA) is 35.2 Å². The van der Waals surface area contributed by atoms with E-state index in [4.69, 9.17) is 22.1 Å². The summed E-state index contributed by atoms with van der Waals surface area (Å²) in [6.07, 6.45) is 0. The first-order valence-corrected chi connectivity index (χ1v) is 6.47. The van der Waals surface area contributed by atoms with Gasteiger partial charge in [-0.25, -0.2) is 8.78 Å². The Morgan fingerprint density at radius 1 is 1.20 bits per heavy atom. The van der Waals surface area contributed by atoms with E-state index >= 15 is 0 Å². The highest BCUT2D eigenvalue weighted by molar-refractivity contribution is 6.31. The summed E-state index contributed by atoms with van der Waals surface area (Å²) in [5.74, 6) is -0.457. The van der Waals surface area contributed by atoms with Gasteiger partial charge in [-0.1, -0.05) is 23.7 Å². The fourth-order valence-electron chi connectivity index (χ4n) is 1.77. The first kappa shape index (κ1) is 14.8. The highest BCUT2D eigenvalue weighted by atomic mass is 35.5. The van der Waals surface area contributed by atoms with Crippen LogP contribution in [0.1, 0.15) is 24.1 Å². The molecule has 0 aliphatic carbocycles. The molecule has 0 aliphatic rings. The molecule has 0 amide bonds. The Bertz CT molecular complexity index is 617. The molecule has 1 unspecified atom stereocenters. The van der Waals surface area contributed by atoms with Crippen LogP contribution in [0, 0.1) is 11.6 Å². The second kappa shape index (κ2) is 6.20. The zero-order valence-corrected chi connectivity index (χ0v) is 11.6. The van der Waals surface area contributed by atoms with Crippen molar-refractivity contribution in [1.29, 1.82) is 0 Å². The molecule has 0 saturated carbocycles. The molecule has 5 heteroatoms. The third-order valence-electron chi connectivity index (χ3n) is 2.87. The summed E-state index contributed by atoms with van der Waals surface area (Å²) in [5.41, 5.74) is 6.69. The lowest BCUT2D eigenvalue weighted by Gasteiger charge is -2.11. The van der Waals surface area contributed by atoms with Crippen LogP contribution >= 0.6 is 11.6 Å². The summed E-state index contributed by atoms with van der Waals surface area (Å²) in [6.45, 7) is 1.84. The Hall–Kier alpha value is -1.65. The summed E-state index contributed by atoms with van der Waals surface area (Å²) in [6, 6.07) is 8.15. The van der Waals surface area contributed by atoms with Gasteiger partial charge in [-0.05, 0) is 25.1 Å². The van der Waals surface area contributed by atoms with Gasteiger partial charge in [0.05, 0.1) is 5.02 Å². The molecule has 2 rings (SSSR count). The summed E-state index contributed by atoms with van der Waals surface area (Å²) in [5, 5.41) is 0.276. The molecule has 0 spiro atoms. The summed E-state index contributed by atoms with van der Waals surface area (Å²) >= 11 is 5.88. The highest BCUT2D eigenvalue weighted by Gasteiger charge is 2.09. The molecule has 1 atom stereocenters. The van der Waals surface area contributed by atoms with Crippen LogP contribution in [0.5, 0.6) is 5.75 Å². The predicted octanol–water partition coefficient (Wildman–Crippen LogP) is 4.22. The maximum absolute atomic E-state index is 13.7. The van der Waals surface area contributed by atoms with E-state index in [0.717, 1.165) is 0 Å². The number of nitrogens with two attached hydrogens (primary N) is 1. The molecule has 0 heterocycles. The van der Waals surface area contributed by atoms with Crippen LogP contribution in [0.3, 0.4) is 0 Å². The van der Waals surface area contributed by atoms with E-state index < -0.39 is 11.6 Å². The van der Waals surface area contributed by atoms with Crippen molar-refractivity contribution in [3.05, 3.63) is 64.2 Å². The van der Waals surface area contributed by atoms with Crippen molar-refractivity contribution >= 4 is 11.6 Å². The molecule has 0 aromatic heterocycles. The molecule has 0 fully saturated rings. The molecular weight excluding hydrogens is 284 g/mol. The van der Waals surface area contributed by atoms with Crippen LogP contribution in [-0.4, -0.2) is 0 Å². The maximum atomic E-state index is 13.7. The number of rotatable bonds is 4. The molecular formula is C15H14ClF2NO. The lowest BCUT2D eigenvalue weighted by Crippen LogP contribution is -2.07. The smallest absolute Gasteiger partial charge is 0.131 e. The minimum absolute atomic E-state index is 0.135. The predicted molar refractivity (Wildman–Crippen MR) is 74.7 cm³/mol. The van der Waals surface area contributed by atoms with Crippen molar-refractivity contribution in [2.24, 2.45) is 5.73 Å². The molecule has 2 nitrogen and oxygen atoms in total. The normalized spacial score (nSPS) is 12.2. The van der Waals surface area contributed by atoms with E-state index in [9.17, 15) is 8.78 Å². The van der Waals surface area contributed by atoms with E-state index in [0.29, 0.717) is 16.9 Å². The standard InChI is InChI=1S/C15H14ClF2NO/c1-9(19)13-5-4-12(7-15(13)18)20-8-10-2-3-11(17)6-14(10)16/h2-7,9H,8,19H2,1H3. The lowest BCUT2D eigenvalue weighted by atomic mass is 10.1. The van der Waals surface area contributed by atoms with Gasteiger partial charge in [0, 0.05) is 23.2 Å². The zero-order valence-electron chi connectivity index (χ0n) is 10.9. The maximum Gasteiger partial charge on any atom is 0.131 e. The van der Waals surface area contributed by atoms with E-state index in [-0.39, 0.29) is 17.7 Å². The SMILES string of the molecule is CC(N)c1ccc(OCc2ccc(F)cc2Cl)cc1F. The Kier molecular flexibility index (Phi) is 4.57. The van der Waals surface area contributed by atoms with E-state index in [1.807, 2.05) is 0 Å². The Morgan fingerprint density at radius 3 is 2.55 bits per heavy atom. The van der Waals surface area contributed by atoms with Gasteiger partial charge in [0.25, 0.3) is 0 Å². The van der Waals surface area contributed by atoms with Crippen molar-refractivity contribution in [2.75, 3.05) is 0 Å². The van der Waals surface area contributed by atoms with Gasteiger partial charge in [-0.15, -0.1) is 0 Å². The summed E-state index contributed by atoms with van der Waals surface area (Å²) < 4.78 is 32.1. The van der Waals surface area contributed by atoms with E-state index in [2.05, 4.69) is 0 Å². The molecule has 0 aliphatic heterocycles. The average molecular weight is 298 g/mol. The molecule has 106 valence electrons. The molecule has 0 saturated heterocycles. The first-order valence-electron chi connectivity index (χ1n) is 6.09. The quantitative estimate of drug-likeness (QED) is 0.917. The third kappa shape index (κ3) is 3.46. The van der Waals surface area contributed by atoms with Gasteiger partial charge in [0.1, 0.15) is 24.0 Å². The number of hydrogen-bond donors (Lipinski definition) is 1. The minimum atomic E-state index is -0.414. The van der Waals surface area contributed by atoms with Crippen LogP contribution in [-0.2, 0) is 6.61 Å². The highest BCUT2D eigenvalue weighted by Crippen LogP contribution is 2.23. The van der Waals surface area contributed by atoms with Gasteiger partial charge < -0.3 is 10.5 Å². The molecule has 2 N–H and O–H groups in total. The second-order valence-corrected chi connectivity index (χ2v) is 4.90. The van der Waals surface area contributed by atoms with Crippen molar-refractivity contribution in [3.63, 3.8) is 0 Å². The van der Waals surface area contributed by atoms with Crippen molar-refractivity contribution in [3.8, 4) is 5.75 Å². The van der Waals surface area contributed by atoms with Crippen LogP contribution in [0.15, 0.2) is 36.4 Å². The van der Waals surface area contributed by atoms with Crippen LogP contribution in [0.25, 0.3) is 0 Å². The number of benzene rings is 2. The van der Waals surface area contributed by atoms with Crippen LogP contribution in [0.2, 0.25) is 5.02 Å². The molecule has 2 aromatic rings. The van der Waals surface area contributed by atoms with Crippen LogP contribution < -0.4 is 10.5 Å². The number of hydrogen-bond acceptors (Lipinski definition) is 2. The van der Waals surface area contributed by atoms with Gasteiger partial charge in [-0.3, -0.25) is 0 Å². The van der Waals surface area contributed by atoms with E-state index in [1.54, 1.807) is 19.1 Å². The molecule has 2 aromatic carbocycles. The Balaban J connectivity index is 2.09. The summed E-state index contributed by atoms with van der Waals surface area (Å²) in [7, 11) is 0. The van der Waals surface area contributed by atoms with Crippen molar-refractivity contribution < 1.29 is 13.5 Å². The zero-order chi connectivity index (χ0) is 14.7. The van der Waals surface area contributed by atoms with Gasteiger partial charge in [0.2, 0.25) is 0 Å². The largest absolute Gasteiger partial charge is 0.489 e. The average Bonchev–Trinajstić information content (AvgIpc) is 2.37. The van der Waals surface area contributed by atoms with Gasteiger partial charge >= 0.3 is 0 Å². The molecule has 20 heavy (non-hydrogen) atoms. The minimum Gasteiger partial charge on any atom is -0.489 e. The molecule has 0 bridgehead atoms. The Labute approximate surface area is 121 Å². The fourth-order valence-corrected chi connectivity index (χ4v) is 1.99. The number of halogens is 3. The second-order valence-electron chi connectivity index (χ2n) is 4.50. The monoisotopic (exact) mass is 297 g/mol. The fraction of sp³-hybridized carbons (Fsp3) is 0.200. The lowest BCUT2D eigenvalue weighted by molar-refractivity contribution is 0.304. The van der Waals surface area contributed by atoms with Crippen molar-refractivity contribution in [1.82, 2.24) is 0 Å². The summed E-state index contributed by atoms with van der Waals surface area (Å²) in [4.78, 5) is 0.